The Balaban J connectivity index is 1.78. The van der Waals surface area contributed by atoms with Crippen molar-refractivity contribution in [3.8, 4) is 0 Å². The molecular formula is C33H33Cl2N3O4S. The van der Waals surface area contributed by atoms with Crippen molar-refractivity contribution in [2.45, 2.75) is 37.2 Å². The van der Waals surface area contributed by atoms with Gasteiger partial charge in [0.05, 0.1) is 10.6 Å². The molecule has 4 rings (SSSR count). The van der Waals surface area contributed by atoms with Crippen LogP contribution < -0.4 is 9.62 Å². The maximum Gasteiger partial charge on any atom is 0.264 e. The fourth-order valence-electron chi connectivity index (χ4n) is 4.59. The Morgan fingerprint density at radius 3 is 2.02 bits per heavy atom. The molecule has 1 N–H and O–H groups in total. The number of benzene rings is 4. The number of carbonyl (C=O) groups excluding carboxylic acids is 2. The maximum absolute atomic E-state index is 14.3. The van der Waals surface area contributed by atoms with Gasteiger partial charge in [0, 0.05) is 29.6 Å². The number of nitrogens with zero attached hydrogens (tertiary/aromatic N) is 2. The van der Waals surface area contributed by atoms with E-state index in [4.69, 9.17) is 23.2 Å². The molecule has 0 aliphatic carbocycles. The van der Waals surface area contributed by atoms with Gasteiger partial charge in [-0.25, -0.2) is 8.42 Å². The highest BCUT2D eigenvalue weighted by atomic mass is 35.5. The summed E-state index contributed by atoms with van der Waals surface area (Å²) in [5.74, 6) is -0.862. The first-order chi connectivity index (χ1) is 20.7. The Morgan fingerprint density at radius 1 is 0.791 bits per heavy atom. The minimum absolute atomic E-state index is 0.0409. The van der Waals surface area contributed by atoms with Crippen LogP contribution >= 0.6 is 23.2 Å². The molecule has 1 unspecified atom stereocenters. The fraction of sp³-hybridized carbons (Fsp3) is 0.212. The summed E-state index contributed by atoms with van der Waals surface area (Å²) >= 11 is 12.3. The number of hydrogen-bond donors (Lipinski definition) is 1. The average molecular weight is 639 g/mol. The van der Waals surface area contributed by atoms with E-state index in [2.05, 4.69) is 5.32 Å². The molecule has 43 heavy (non-hydrogen) atoms. The molecule has 0 spiro atoms. The fourth-order valence-corrected chi connectivity index (χ4v) is 6.31. The lowest BCUT2D eigenvalue weighted by Gasteiger charge is -2.34. The predicted octanol–water partition coefficient (Wildman–Crippen LogP) is 6.36. The highest BCUT2D eigenvalue weighted by molar-refractivity contribution is 7.92. The molecule has 7 nitrogen and oxygen atoms in total. The van der Waals surface area contributed by atoms with Gasteiger partial charge in [0.1, 0.15) is 12.6 Å². The number of carbonyl (C=O) groups is 2. The van der Waals surface area contributed by atoms with E-state index < -0.39 is 28.5 Å². The number of hydrogen-bond acceptors (Lipinski definition) is 4. The summed E-state index contributed by atoms with van der Waals surface area (Å²) in [4.78, 5) is 29.4. The molecule has 224 valence electrons. The third-order valence-corrected chi connectivity index (χ3v) is 9.07. The highest BCUT2D eigenvalue weighted by Crippen LogP contribution is 2.28. The first-order valence-electron chi connectivity index (χ1n) is 13.9. The van der Waals surface area contributed by atoms with Gasteiger partial charge in [-0.15, -0.1) is 0 Å². The number of amides is 2. The van der Waals surface area contributed by atoms with Gasteiger partial charge >= 0.3 is 0 Å². The van der Waals surface area contributed by atoms with E-state index in [1.807, 2.05) is 67.6 Å². The zero-order chi connectivity index (χ0) is 30.8. The lowest BCUT2D eigenvalue weighted by atomic mass is 10.0. The summed E-state index contributed by atoms with van der Waals surface area (Å²) in [7, 11) is -4.24. The summed E-state index contributed by atoms with van der Waals surface area (Å²) in [6.07, 6.45) is 0.967. The third-order valence-electron chi connectivity index (χ3n) is 6.79. The summed E-state index contributed by atoms with van der Waals surface area (Å²) < 4.78 is 29.0. The van der Waals surface area contributed by atoms with Crippen molar-refractivity contribution in [3.05, 3.63) is 130 Å². The van der Waals surface area contributed by atoms with Crippen LogP contribution in [0.25, 0.3) is 0 Å². The number of rotatable bonds is 13. The van der Waals surface area contributed by atoms with Gasteiger partial charge in [0.25, 0.3) is 10.0 Å². The summed E-state index contributed by atoms with van der Waals surface area (Å²) in [6.45, 7) is 1.92. The van der Waals surface area contributed by atoms with Crippen LogP contribution in [0.1, 0.15) is 24.5 Å². The van der Waals surface area contributed by atoms with Crippen molar-refractivity contribution in [1.29, 1.82) is 0 Å². The van der Waals surface area contributed by atoms with Crippen LogP contribution in [0, 0.1) is 0 Å². The first-order valence-corrected chi connectivity index (χ1v) is 16.1. The van der Waals surface area contributed by atoms with Crippen molar-refractivity contribution in [2.75, 3.05) is 17.4 Å². The van der Waals surface area contributed by atoms with Crippen LogP contribution in [0.3, 0.4) is 0 Å². The molecule has 4 aromatic rings. The normalized spacial score (nSPS) is 11.9. The van der Waals surface area contributed by atoms with Crippen molar-refractivity contribution in [1.82, 2.24) is 10.2 Å². The molecule has 0 aliphatic heterocycles. The van der Waals surface area contributed by atoms with Crippen LogP contribution in [-0.4, -0.2) is 44.3 Å². The highest BCUT2D eigenvalue weighted by Gasteiger charge is 2.34. The Morgan fingerprint density at radius 2 is 1.42 bits per heavy atom. The SMILES string of the molecule is CCCNC(=O)C(Cc1ccccc1)N(Cc1ccccc1)C(=O)CN(c1cccc(Cl)c1)S(=O)(=O)c1ccc(Cl)cc1. The molecule has 4 aromatic carbocycles. The third kappa shape index (κ3) is 8.60. The number of anilines is 1. The van der Waals surface area contributed by atoms with Crippen LogP contribution in [0.15, 0.2) is 114 Å². The number of sulfonamides is 1. The topological polar surface area (TPSA) is 86.8 Å². The summed E-state index contributed by atoms with van der Waals surface area (Å²) in [6, 6.07) is 29.8. The standard InChI is InChI=1S/C33H33Cl2N3O4S/c1-2-20-36-33(40)31(21-25-10-5-3-6-11-25)37(23-26-12-7-4-8-13-26)32(39)24-38(29-15-9-14-28(35)22-29)43(41,42)30-18-16-27(34)17-19-30/h3-19,22,31H,2,20-21,23-24H2,1H3,(H,36,40). The Bertz CT molecular complexity index is 1620. The first kappa shape index (κ1) is 32.1. The van der Waals surface area contributed by atoms with Gasteiger partial charge in [0.2, 0.25) is 11.8 Å². The van der Waals surface area contributed by atoms with Gasteiger partial charge in [-0.3, -0.25) is 13.9 Å². The molecule has 0 saturated carbocycles. The lowest BCUT2D eigenvalue weighted by Crippen LogP contribution is -2.53. The molecule has 0 saturated heterocycles. The zero-order valence-electron chi connectivity index (χ0n) is 23.7. The number of halogens is 2. The molecule has 1 atom stereocenters. The van der Waals surface area contributed by atoms with Crippen LogP contribution in [0.5, 0.6) is 0 Å². The van der Waals surface area contributed by atoms with Crippen molar-refractivity contribution in [3.63, 3.8) is 0 Å². The molecule has 0 bridgehead atoms. The molecule has 0 aliphatic rings. The average Bonchev–Trinajstić information content (AvgIpc) is 3.01. The molecule has 0 heterocycles. The molecule has 0 radical (unpaired) electrons. The van der Waals surface area contributed by atoms with E-state index in [9.17, 15) is 18.0 Å². The lowest BCUT2D eigenvalue weighted by molar-refractivity contribution is -0.140. The van der Waals surface area contributed by atoms with Crippen molar-refractivity contribution >= 4 is 50.7 Å². The minimum atomic E-state index is -4.24. The largest absolute Gasteiger partial charge is 0.354 e. The van der Waals surface area contributed by atoms with Crippen LogP contribution in [0.4, 0.5) is 5.69 Å². The Hall–Kier alpha value is -3.85. The van der Waals surface area contributed by atoms with Gasteiger partial charge in [-0.05, 0) is 60.0 Å². The monoisotopic (exact) mass is 637 g/mol. The Kier molecular flexibility index (Phi) is 11.2. The Labute approximate surface area is 263 Å². The van der Waals surface area contributed by atoms with Gasteiger partial charge in [-0.1, -0.05) is 96.9 Å². The minimum Gasteiger partial charge on any atom is -0.354 e. The second kappa shape index (κ2) is 15.0. The second-order valence-electron chi connectivity index (χ2n) is 9.95. The summed E-state index contributed by atoms with van der Waals surface area (Å²) in [5, 5.41) is 3.62. The summed E-state index contributed by atoms with van der Waals surface area (Å²) in [5.41, 5.74) is 1.88. The van der Waals surface area contributed by atoms with E-state index in [1.54, 1.807) is 18.2 Å². The smallest absolute Gasteiger partial charge is 0.264 e. The predicted molar refractivity (Wildman–Crippen MR) is 172 cm³/mol. The van der Waals surface area contributed by atoms with Gasteiger partial charge in [-0.2, -0.15) is 0 Å². The van der Waals surface area contributed by atoms with Gasteiger partial charge in [0.15, 0.2) is 0 Å². The molecular weight excluding hydrogens is 605 g/mol. The van der Waals surface area contributed by atoms with Crippen LogP contribution in [-0.2, 0) is 32.6 Å². The molecule has 0 fully saturated rings. The zero-order valence-corrected chi connectivity index (χ0v) is 26.0. The van der Waals surface area contributed by atoms with E-state index in [-0.39, 0.29) is 29.5 Å². The van der Waals surface area contributed by atoms with Crippen LogP contribution in [0.2, 0.25) is 10.0 Å². The molecule has 0 aromatic heterocycles. The van der Waals surface area contributed by atoms with E-state index in [0.717, 1.165) is 21.9 Å². The van der Waals surface area contributed by atoms with Gasteiger partial charge < -0.3 is 10.2 Å². The molecule has 10 heteroatoms. The second-order valence-corrected chi connectivity index (χ2v) is 12.7. The number of nitrogens with one attached hydrogen (secondary N) is 1. The maximum atomic E-state index is 14.3. The van der Waals surface area contributed by atoms with E-state index in [1.165, 1.54) is 35.2 Å². The quantitative estimate of drug-likeness (QED) is 0.185. The van der Waals surface area contributed by atoms with E-state index >= 15 is 0 Å². The van der Waals surface area contributed by atoms with Crippen molar-refractivity contribution in [2.24, 2.45) is 0 Å². The van der Waals surface area contributed by atoms with E-state index in [0.29, 0.717) is 16.6 Å². The molecule has 2 amide bonds. The van der Waals surface area contributed by atoms with Crippen molar-refractivity contribution < 1.29 is 18.0 Å².